The number of benzene rings is 2. The van der Waals surface area contributed by atoms with Crippen molar-refractivity contribution in [1.82, 2.24) is 10.2 Å². The van der Waals surface area contributed by atoms with Crippen molar-refractivity contribution >= 4 is 17.6 Å². The van der Waals surface area contributed by atoms with Crippen molar-refractivity contribution in [3.05, 3.63) is 59.1 Å². The van der Waals surface area contributed by atoms with Gasteiger partial charge >= 0.3 is 5.97 Å². The Morgan fingerprint density at radius 3 is 2.18 bits per heavy atom. The Labute approximate surface area is 130 Å². The maximum atomic E-state index is 10.9. The van der Waals surface area contributed by atoms with Gasteiger partial charge in [0.2, 0.25) is 0 Å². The lowest BCUT2D eigenvalue weighted by Crippen LogP contribution is -1.95. The van der Waals surface area contributed by atoms with Crippen LogP contribution in [0.25, 0.3) is 22.5 Å². The predicted octanol–water partition coefficient (Wildman–Crippen LogP) is 3.80. The second-order valence-corrected chi connectivity index (χ2v) is 5.12. The molecule has 0 unspecified atom stereocenters. The molecule has 0 fully saturated rings. The summed E-state index contributed by atoms with van der Waals surface area (Å²) >= 11 is 5.84. The highest BCUT2D eigenvalue weighted by Gasteiger charge is 2.15. The third-order valence-electron chi connectivity index (χ3n) is 3.28. The van der Waals surface area contributed by atoms with E-state index in [4.69, 9.17) is 16.7 Å². The van der Waals surface area contributed by atoms with Crippen molar-refractivity contribution in [1.29, 1.82) is 0 Å². The van der Waals surface area contributed by atoms with Crippen LogP contribution < -0.4 is 0 Å². The van der Waals surface area contributed by atoms with Gasteiger partial charge in [-0.1, -0.05) is 35.9 Å². The fourth-order valence-corrected chi connectivity index (χ4v) is 2.25. The number of H-pyrrole nitrogens is 1. The number of hydrogen-bond acceptors (Lipinski definition) is 3. The van der Waals surface area contributed by atoms with Gasteiger partial charge in [-0.2, -0.15) is 5.10 Å². The first-order valence-electron chi connectivity index (χ1n) is 6.43. The number of hydrogen-bond donors (Lipinski definition) is 3. The molecule has 5 nitrogen and oxygen atoms in total. The largest absolute Gasteiger partial charge is 0.504 e. The molecule has 0 spiro atoms. The summed E-state index contributed by atoms with van der Waals surface area (Å²) in [7, 11) is 0. The van der Waals surface area contributed by atoms with E-state index in [1.165, 1.54) is 12.1 Å². The Morgan fingerprint density at radius 2 is 1.59 bits per heavy atom. The van der Waals surface area contributed by atoms with E-state index in [2.05, 4.69) is 10.2 Å². The summed E-state index contributed by atoms with van der Waals surface area (Å²) in [4.78, 5) is 10.9. The van der Waals surface area contributed by atoms with Crippen LogP contribution in [0.2, 0.25) is 5.02 Å². The van der Waals surface area contributed by atoms with Gasteiger partial charge in [0.15, 0.2) is 5.75 Å². The summed E-state index contributed by atoms with van der Waals surface area (Å²) < 4.78 is 0. The molecule has 1 heterocycles. The fourth-order valence-electron chi connectivity index (χ4n) is 2.13. The molecule has 0 aliphatic heterocycles. The number of carboxylic acid groups (broad SMARTS) is 1. The number of aromatic hydroxyl groups is 1. The Hall–Kier alpha value is -2.79. The van der Waals surface area contributed by atoms with E-state index in [9.17, 15) is 9.90 Å². The van der Waals surface area contributed by atoms with Crippen LogP contribution in [-0.2, 0) is 0 Å². The lowest BCUT2D eigenvalue weighted by atomic mass is 10.1. The molecule has 22 heavy (non-hydrogen) atoms. The minimum atomic E-state index is -1.00. The van der Waals surface area contributed by atoms with Crippen LogP contribution in [0.15, 0.2) is 48.5 Å². The molecule has 0 saturated heterocycles. The van der Waals surface area contributed by atoms with Crippen molar-refractivity contribution in [2.75, 3.05) is 0 Å². The van der Waals surface area contributed by atoms with Crippen molar-refractivity contribution in [3.8, 4) is 28.3 Å². The molecule has 110 valence electrons. The van der Waals surface area contributed by atoms with E-state index in [0.717, 1.165) is 5.56 Å². The van der Waals surface area contributed by atoms with Crippen LogP contribution in [0.4, 0.5) is 0 Å². The Bertz CT molecular complexity index is 824. The number of carbonyl (C=O) groups is 1. The average molecular weight is 315 g/mol. The number of nitrogens with zero attached hydrogens (tertiary/aromatic N) is 1. The van der Waals surface area contributed by atoms with Gasteiger partial charge in [0.05, 0.1) is 5.56 Å². The summed E-state index contributed by atoms with van der Waals surface area (Å²) in [5, 5.41) is 26.7. The molecule has 3 N–H and O–H groups in total. The maximum Gasteiger partial charge on any atom is 0.335 e. The lowest BCUT2D eigenvalue weighted by molar-refractivity contribution is 0.0697. The van der Waals surface area contributed by atoms with Crippen LogP contribution in [0, 0.1) is 0 Å². The lowest BCUT2D eigenvalue weighted by Gasteiger charge is -2.01. The molecule has 3 rings (SSSR count). The Morgan fingerprint density at radius 1 is 1.00 bits per heavy atom. The smallest absolute Gasteiger partial charge is 0.335 e. The Balaban J connectivity index is 1.99. The van der Waals surface area contributed by atoms with Gasteiger partial charge < -0.3 is 10.2 Å². The number of aromatic amines is 1. The van der Waals surface area contributed by atoms with E-state index < -0.39 is 5.97 Å². The van der Waals surface area contributed by atoms with Crippen LogP contribution in [0.3, 0.4) is 0 Å². The first-order chi connectivity index (χ1) is 10.6. The van der Waals surface area contributed by atoms with Gasteiger partial charge in [-0.05, 0) is 24.3 Å². The van der Waals surface area contributed by atoms with Crippen molar-refractivity contribution < 1.29 is 15.0 Å². The highest BCUT2D eigenvalue weighted by Crippen LogP contribution is 2.36. The number of nitrogens with one attached hydrogen (secondary N) is 1. The zero-order chi connectivity index (χ0) is 15.7. The van der Waals surface area contributed by atoms with Gasteiger partial charge in [0, 0.05) is 16.1 Å². The highest BCUT2D eigenvalue weighted by atomic mass is 35.5. The molecule has 0 saturated carbocycles. The molecule has 1 aromatic heterocycles. The van der Waals surface area contributed by atoms with Gasteiger partial charge in [-0.15, -0.1) is 0 Å². The molecule has 0 aliphatic rings. The number of rotatable bonds is 3. The van der Waals surface area contributed by atoms with Crippen molar-refractivity contribution in [2.45, 2.75) is 0 Å². The van der Waals surface area contributed by atoms with Crippen LogP contribution >= 0.6 is 11.6 Å². The van der Waals surface area contributed by atoms with Gasteiger partial charge in [-0.25, -0.2) is 4.79 Å². The summed E-state index contributed by atoms with van der Waals surface area (Å²) in [6.07, 6.45) is 0. The standard InChI is InChI=1S/C16H11ClN2O3/c17-12-7-5-10(6-8-12)14-15(20)13(18-19-14)9-1-3-11(4-2-9)16(21)22/h1-8,20H,(H,18,19)(H,21,22). The maximum absolute atomic E-state index is 10.9. The summed E-state index contributed by atoms with van der Waals surface area (Å²) in [6.45, 7) is 0. The van der Waals surface area contributed by atoms with E-state index in [1.807, 2.05) is 0 Å². The topological polar surface area (TPSA) is 86.2 Å². The molecule has 0 atom stereocenters. The molecule has 3 aromatic rings. The second-order valence-electron chi connectivity index (χ2n) is 4.69. The fraction of sp³-hybridized carbons (Fsp3) is 0. The van der Waals surface area contributed by atoms with Gasteiger partial charge in [0.25, 0.3) is 0 Å². The minimum absolute atomic E-state index is 0.00500. The van der Waals surface area contributed by atoms with Crippen LogP contribution in [0.1, 0.15) is 10.4 Å². The van der Waals surface area contributed by atoms with Crippen LogP contribution in [0.5, 0.6) is 5.75 Å². The number of halogens is 1. The minimum Gasteiger partial charge on any atom is -0.504 e. The SMILES string of the molecule is O=C(O)c1ccc(-c2n[nH]c(-c3ccc(Cl)cc3)c2O)cc1. The van der Waals surface area contributed by atoms with Gasteiger partial charge in [-0.3, -0.25) is 5.10 Å². The number of aromatic nitrogens is 2. The van der Waals surface area contributed by atoms with E-state index in [0.29, 0.717) is 22.0 Å². The quantitative estimate of drug-likeness (QED) is 0.686. The monoisotopic (exact) mass is 314 g/mol. The highest BCUT2D eigenvalue weighted by molar-refractivity contribution is 6.30. The molecule has 0 aliphatic carbocycles. The summed E-state index contributed by atoms with van der Waals surface area (Å²) in [5.41, 5.74) is 2.40. The average Bonchev–Trinajstić information content (AvgIpc) is 2.90. The molecule has 6 heteroatoms. The third-order valence-corrected chi connectivity index (χ3v) is 3.53. The third kappa shape index (κ3) is 2.54. The molecular formula is C16H11ClN2O3. The zero-order valence-electron chi connectivity index (χ0n) is 11.2. The molecule has 2 aromatic carbocycles. The van der Waals surface area contributed by atoms with Crippen molar-refractivity contribution in [2.24, 2.45) is 0 Å². The molecule has 0 amide bonds. The first kappa shape index (κ1) is 14.2. The van der Waals surface area contributed by atoms with Crippen LogP contribution in [-0.4, -0.2) is 26.4 Å². The molecule has 0 radical (unpaired) electrons. The van der Waals surface area contributed by atoms with E-state index >= 15 is 0 Å². The summed E-state index contributed by atoms with van der Waals surface area (Å²) in [5.74, 6) is -0.995. The number of aromatic carboxylic acids is 1. The van der Waals surface area contributed by atoms with Gasteiger partial charge in [0.1, 0.15) is 11.4 Å². The van der Waals surface area contributed by atoms with E-state index in [-0.39, 0.29) is 11.3 Å². The zero-order valence-corrected chi connectivity index (χ0v) is 12.0. The Kier molecular flexibility index (Phi) is 3.56. The first-order valence-corrected chi connectivity index (χ1v) is 6.81. The van der Waals surface area contributed by atoms with E-state index in [1.54, 1.807) is 36.4 Å². The molecular weight excluding hydrogens is 304 g/mol. The normalized spacial score (nSPS) is 10.6. The predicted molar refractivity (Wildman–Crippen MR) is 83.1 cm³/mol. The van der Waals surface area contributed by atoms with Crippen molar-refractivity contribution in [3.63, 3.8) is 0 Å². The number of carboxylic acids is 1. The summed E-state index contributed by atoms with van der Waals surface area (Å²) in [6, 6.07) is 13.1. The molecule has 0 bridgehead atoms. The second kappa shape index (κ2) is 5.54.